The van der Waals surface area contributed by atoms with Gasteiger partial charge in [0.05, 0.1) is 0 Å². The molecule has 0 aliphatic rings. The molecule has 0 aliphatic carbocycles. The van der Waals surface area contributed by atoms with Crippen molar-refractivity contribution in [2.45, 2.75) is 26.4 Å². The topological polar surface area (TPSA) is 58.0 Å². The fourth-order valence-corrected chi connectivity index (χ4v) is 1.54. The second-order valence-corrected chi connectivity index (χ2v) is 5.28. The van der Waals surface area contributed by atoms with Crippen LogP contribution in [0.5, 0.6) is 0 Å². The van der Waals surface area contributed by atoms with Crippen LogP contribution in [0.4, 0.5) is 19.0 Å². The summed E-state index contributed by atoms with van der Waals surface area (Å²) in [5.41, 5.74) is -0.273. The van der Waals surface area contributed by atoms with Crippen LogP contribution in [-0.4, -0.2) is 28.2 Å². The lowest BCUT2D eigenvalue weighted by Gasteiger charge is -2.24. The summed E-state index contributed by atoms with van der Waals surface area (Å²) in [5.74, 6) is -1.26. The zero-order valence-corrected chi connectivity index (χ0v) is 11.3. The highest BCUT2D eigenvalue weighted by molar-refractivity contribution is 6.29. The Kier molecular flexibility index (Phi) is 4.98. The second-order valence-electron chi connectivity index (χ2n) is 4.89. The zero-order valence-electron chi connectivity index (χ0n) is 10.6. The number of hydrogen-bond acceptors (Lipinski definition) is 4. The fraction of sp³-hybridized carbons (Fsp3) is 0.636. The average molecular weight is 298 g/mol. The molecule has 1 aromatic heterocycles. The van der Waals surface area contributed by atoms with Crippen LogP contribution in [0.15, 0.2) is 6.07 Å². The van der Waals surface area contributed by atoms with Crippen LogP contribution < -0.4 is 5.32 Å². The Balaban J connectivity index is 2.82. The molecule has 0 unspecified atom stereocenters. The first-order valence-electron chi connectivity index (χ1n) is 5.60. The van der Waals surface area contributed by atoms with Crippen molar-refractivity contribution >= 4 is 17.4 Å². The molecule has 0 fully saturated rings. The molecule has 8 heteroatoms. The number of hydrogen-bond donors (Lipinski definition) is 2. The average Bonchev–Trinajstić information content (AvgIpc) is 2.24. The summed E-state index contributed by atoms with van der Waals surface area (Å²) < 4.78 is 37.5. The zero-order chi connectivity index (χ0) is 14.7. The number of anilines is 1. The normalized spacial score (nSPS) is 12.6. The smallest absolute Gasteiger partial charge is 0.396 e. The van der Waals surface area contributed by atoms with Crippen LogP contribution in [0, 0.1) is 5.41 Å². The minimum absolute atomic E-state index is 0.00696. The van der Waals surface area contributed by atoms with E-state index in [9.17, 15) is 13.2 Å². The summed E-state index contributed by atoms with van der Waals surface area (Å²) in [4.78, 5) is 6.51. The van der Waals surface area contributed by atoms with E-state index in [1.54, 1.807) is 0 Å². The molecule has 2 N–H and O–H groups in total. The number of halogens is 4. The molecule has 0 aliphatic heterocycles. The first kappa shape index (κ1) is 16.0. The molecule has 0 spiro atoms. The van der Waals surface area contributed by atoms with Gasteiger partial charge < -0.3 is 10.4 Å². The molecule has 1 heterocycles. The monoisotopic (exact) mass is 297 g/mol. The minimum atomic E-state index is -4.64. The summed E-state index contributed by atoms with van der Waals surface area (Å²) in [6.07, 6.45) is -4.12. The van der Waals surface area contributed by atoms with Gasteiger partial charge in [0, 0.05) is 19.2 Å². The van der Waals surface area contributed by atoms with Gasteiger partial charge in [-0.15, -0.1) is 0 Å². The van der Waals surface area contributed by atoms with Crippen LogP contribution in [-0.2, 0) is 6.18 Å². The van der Waals surface area contributed by atoms with Gasteiger partial charge in [0.1, 0.15) is 11.0 Å². The van der Waals surface area contributed by atoms with Crippen LogP contribution in [0.2, 0.25) is 5.15 Å². The van der Waals surface area contributed by atoms with Crippen LogP contribution in [0.3, 0.4) is 0 Å². The summed E-state index contributed by atoms with van der Waals surface area (Å²) in [6.45, 7) is 4.12. The van der Waals surface area contributed by atoms with Gasteiger partial charge in [0.2, 0.25) is 5.82 Å². The predicted molar refractivity (Wildman–Crippen MR) is 66.0 cm³/mol. The third-order valence-corrected chi connectivity index (χ3v) is 2.68. The molecular weight excluding hydrogens is 283 g/mol. The van der Waals surface area contributed by atoms with E-state index in [-0.39, 0.29) is 23.0 Å². The van der Waals surface area contributed by atoms with Gasteiger partial charge in [-0.25, -0.2) is 9.97 Å². The number of aromatic nitrogens is 2. The molecule has 0 saturated heterocycles. The van der Waals surface area contributed by atoms with Crippen molar-refractivity contribution < 1.29 is 18.3 Å². The predicted octanol–water partition coefficient (Wildman–Crippen LogP) is 2.97. The van der Waals surface area contributed by atoms with E-state index in [1.165, 1.54) is 6.07 Å². The van der Waals surface area contributed by atoms with Crippen molar-refractivity contribution in [3.63, 3.8) is 0 Å². The molecule has 1 aromatic rings. The van der Waals surface area contributed by atoms with E-state index in [4.69, 9.17) is 16.7 Å². The number of aliphatic hydroxyl groups is 1. The maximum atomic E-state index is 12.5. The largest absolute Gasteiger partial charge is 0.451 e. The Morgan fingerprint density at radius 1 is 1.32 bits per heavy atom. The van der Waals surface area contributed by atoms with Gasteiger partial charge in [0.15, 0.2) is 0 Å². The molecule has 4 nitrogen and oxygen atoms in total. The lowest BCUT2D eigenvalue weighted by atomic mass is 9.90. The van der Waals surface area contributed by atoms with Crippen LogP contribution in [0.25, 0.3) is 0 Å². The molecule has 0 aromatic carbocycles. The molecule has 0 bridgehead atoms. The van der Waals surface area contributed by atoms with E-state index in [0.29, 0.717) is 13.0 Å². The lowest BCUT2D eigenvalue weighted by Crippen LogP contribution is -2.25. The molecule has 0 atom stereocenters. The summed E-state index contributed by atoms with van der Waals surface area (Å²) >= 11 is 5.54. The Morgan fingerprint density at radius 2 is 1.95 bits per heavy atom. The van der Waals surface area contributed by atoms with E-state index >= 15 is 0 Å². The number of rotatable bonds is 5. The maximum absolute atomic E-state index is 12.5. The Labute approximate surface area is 114 Å². The molecule has 1 rings (SSSR count). The Morgan fingerprint density at radius 3 is 2.47 bits per heavy atom. The lowest BCUT2D eigenvalue weighted by molar-refractivity contribution is -0.144. The third kappa shape index (κ3) is 5.20. The van der Waals surface area contributed by atoms with Crippen molar-refractivity contribution in [3.8, 4) is 0 Å². The third-order valence-electron chi connectivity index (χ3n) is 2.49. The molecule has 0 saturated carbocycles. The fourth-order valence-electron chi connectivity index (χ4n) is 1.36. The second kappa shape index (κ2) is 5.92. The molecular formula is C11H15ClF3N3O. The van der Waals surface area contributed by atoms with Crippen molar-refractivity contribution in [3.05, 3.63) is 17.0 Å². The van der Waals surface area contributed by atoms with E-state index in [2.05, 4.69) is 15.3 Å². The molecule has 19 heavy (non-hydrogen) atoms. The highest BCUT2D eigenvalue weighted by Gasteiger charge is 2.35. The number of aliphatic hydroxyl groups excluding tert-OH is 1. The van der Waals surface area contributed by atoms with Gasteiger partial charge >= 0.3 is 6.18 Å². The number of alkyl halides is 3. The quantitative estimate of drug-likeness (QED) is 0.820. The standard InChI is InChI=1S/C11H15ClF3N3O/c1-10(2,3-4-19)6-16-8-5-7(12)17-9(18-8)11(13,14)15/h5,19H,3-4,6H2,1-2H3,(H,16,17,18). The SMILES string of the molecule is CC(C)(CCO)CNc1cc(Cl)nc(C(F)(F)F)n1. The van der Waals surface area contributed by atoms with E-state index in [1.807, 2.05) is 13.8 Å². The molecule has 0 radical (unpaired) electrons. The van der Waals surface area contributed by atoms with Crippen molar-refractivity contribution in [1.29, 1.82) is 0 Å². The molecule has 108 valence electrons. The first-order valence-corrected chi connectivity index (χ1v) is 5.98. The first-order chi connectivity index (χ1) is 8.64. The highest BCUT2D eigenvalue weighted by atomic mass is 35.5. The van der Waals surface area contributed by atoms with Crippen molar-refractivity contribution in [2.75, 3.05) is 18.5 Å². The Hall–Kier alpha value is -1.08. The summed E-state index contributed by atoms with van der Waals surface area (Å²) in [5, 5.41) is 11.4. The van der Waals surface area contributed by atoms with Gasteiger partial charge in [-0.2, -0.15) is 13.2 Å². The van der Waals surface area contributed by atoms with E-state index < -0.39 is 12.0 Å². The number of nitrogens with zero attached hydrogens (tertiary/aromatic N) is 2. The molecule has 0 amide bonds. The number of nitrogens with one attached hydrogen (secondary N) is 1. The highest BCUT2D eigenvalue weighted by Crippen LogP contribution is 2.28. The van der Waals surface area contributed by atoms with E-state index in [0.717, 1.165) is 0 Å². The van der Waals surface area contributed by atoms with Gasteiger partial charge in [-0.1, -0.05) is 25.4 Å². The van der Waals surface area contributed by atoms with Crippen molar-refractivity contribution in [1.82, 2.24) is 9.97 Å². The minimum Gasteiger partial charge on any atom is -0.396 e. The van der Waals surface area contributed by atoms with Crippen LogP contribution in [0.1, 0.15) is 26.1 Å². The van der Waals surface area contributed by atoms with Gasteiger partial charge in [0.25, 0.3) is 0 Å². The maximum Gasteiger partial charge on any atom is 0.451 e. The van der Waals surface area contributed by atoms with Gasteiger partial charge in [-0.3, -0.25) is 0 Å². The van der Waals surface area contributed by atoms with Crippen LogP contribution >= 0.6 is 11.6 Å². The summed E-state index contributed by atoms with van der Waals surface area (Å²) in [7, 11) is 0. The summed E-state index contributed by atoms with van der Waals surface area (Å²) in [6, 6.07) is 1.23. The van der Waals surface area contributed by atoms with Crippen molar-refractivity contribution in [2.24, 2.45) is 5.41 Å². The van der Waals surface area contributed by atoms with Gasteiger partial charge in [-0.05, 0) is 11.8 Å². The Bertz CT molecular complexity index is 438.